The van der Waals surface area contributed by atoms with Crippen LogP contribution in [-0.4, -0.2) is 49.1 Å². The largest absolute Gasteiger partial charge is 0.494 e. The van der Waals surface area contributed by atoms with Crippen LogP contribution < -0.4 is 4.74 Å². The number of likely N-dealkylation sites (tertiary alicyclic amines) is 1. The van der Waals surface area contributed by atoms with Crippen molar-refractivity contribution in [3.05, 3.63) is 64.7 Å². The van der Waals surface area contributed by atoms with Gasteiger partial charge in [-0.3, -0.25) is 4.90 Å². The third kappa shape index (κ3) is 4.29. The van der Waals surface area contributed by atoms with E-state index in [1.807, 2.05) is 0 Å². The monoisotopic (exact) mass is 404 g/mol. The third-order valence-corrected chi connectivity index (χ3v) is 7.35. The van der Waals surface area contributed by atoms with Gasteiger partial charge in [-0.25, -0.2) is 0 Å². The van der Waals surface area contributed by atoms with Gasteiger partial charge in [0, 0.05) is 25.0 Å². The predicted molar refractivity (Wildman–Crippen MR) is 123 cm³/mol. The van der Waals surface area contributed by atoms with Crippen LogP contribution in [0.1, 0.15) is 72.7 Å². The lowest BCUT2D eigenvalue weighted by atomic mass is 9.81. The molecule has 3 aliphatic rings. The number of nitrogens with zero attached hydrogens (tertiary/aromatic N) is 2. The standard InChI is InChI=1S/C27H36N2O/c1-21-8-5-9-22(18-21)26-20-29-16-6-10-27(29)25-19-23(11-12-24(25)26)30-17-7-15-28-13-3-2-4-14-28/h5,8-9,11-12,18-19,26-27H,2-4,6-7,10,13-17,20H2,1H3. The van der Waals surface area contributed by atoms with E-state index in [4.69, 9.17) is 4.74 Å². The van der Waals surface area contributed by atoms with Crippen molar-refractivity contribution < 1.29 is 4.74 Å². The van der Waals surface area contributed by atoms with E-state index in [0.717, 1.165) is 25.3 Å². The number of benzene rings is 2. The van der Waals surface area contributed by atoms with Gasteiger partial charge in [0.25, 0.3) is 0 Å². The van der Waals surface area contributed by atoms with Gasteiger partial charge in [-0.1, -0.05) is 42.3 Å². The second-order valence-electron chi connectivity index (χ2n) is 9.51. The predicted octanol–water partition coefficient (Wildman–Crippen LogP) is 5.53. The van der Waals surface area contributed by atoms with Crippen LogP contribution in [-0.2, 0) is 0 Å². The zero-order valence-electron chi connectivity index (χ0n) is 18.5. The highest BCUT2D eigenvalue weighted by Crippen LogP contribution is 2.45. The first-order valence-corrected chi connectivity index (χ1v) is 12.1. The van der Waals surface area contributed by atoms with E-state index < -0.39 is 0 Å². The first-order valence-electron chi connectivity index (χ1n) is 12.1. The number of hydrogen-bond donors (Lipinski definition) is 0. The van der Waals surface area contributed by atoms with E-state index in [0.29, 0.717) is 12.0 Å². The molecule has 0 saturated carbocycles. The Labute approximate surface area is 182 Å². The number of rotatable bonds is 6. The molecule has 3 heterocycles. The fourth-order valence-electron chi connectivity index (χ4n) is 5.81. The second kappa shape index (κ2) is 9.11. The lowest BCUT2D eigenvalue weighted by Crippen LogP contribution is -2.34. The van der Waals surface area contributed by atoms with Crippen LogP contribution in [0.4, 0.5) is 0 Å². The maximum Gasteiger partial charge on any atom is 0.119 e. The summed E-state index contributed by atoms with van der Waals surface area (Å²) >= 11 is 0. The molecule has 0 amide bonds. The van der Waals surface area contributed by atoms with Crippen molar-refractivity contribution in [2.75, 3.05) is 39.3 Å². The number of fused-ring (bicyclic) bond motifs is 3. The van der Waals surface area contributed by atoms with E-state index in [2.05, 4.69) is 59.2 Å². The molecule has 2 fully saturated rings. The Hall–Kier alpha value is -1.84. The minimum Gasteiger partial charge on any atom is -0.494 e. The van der Waals surface area contributed by atoms with Gasteiger partial charge in [-0.15, -0.1) is 0 Å². The molecular weight excluding hydrogens is 368 g/mol. The molecule has 0 aromatic heterocycles. The summed E-state index contributed by atoms with van der Waals surface area (Å²) in [7, 11) is 0. The molecule has 0 radical (unpaired) electrons. The molecule has 3 heteroatoms. The topological polar surface area (TPSA) is 15.7 Å². The lowest BCUT2D eigenvalue weighted by Gasteiger charge is -2.38. The van der Waals surface area contributed by atoms with Crippen LogP contribution in [0, 0.1) is 6.92 Å². The van der Waals surface area contributed by atoms with Crippen molar-refractivity contribution in [1.82, 2.24) is 9.80 Å². The Morgan fingerprint density at radius 3 is 2.70 bits per heavy atom. The normalized spacial score (nSPS) is 24.4. The number of aryl methyl sites for hydroxylation is 1. The minimum atomic E-state index is 0.474. The highest BCUT2D eigenvalue weighted by atomic mass is 16.5. The van der Waals surface area contributed by atoms with Crippen molar-refractivity contribution >= 4 is 0 Å². The van der Waals surface area contributed by atoms with Crippen LogP contribution in [0.3, 0.4) is 0 Å². The molecule has 2 saturated heterocycles. The summed E-state index contributed by atoms with van der Waals surface area (Å²) in [5.41, 5.74) is 5.84. The highest BCUT2D eigenvalue weighted by molar-refractivity contribution is 5.47. The van der Waals surface area contributed by atoms with Crippen molar-refractivity contribution in [3.63, 3.8) is 0 Å². The van der Waals surface area contributed by atoms with Gasteiger partial charge in [0.2, 0.25) is 0 Å². The molecule has 2 unspecified atom stereocenters. The molecule has 2 aromatic rings. The molecule has 3 nitrogen and oxygen atoms in total. The molecule has 0 N–H and O–H groups in total. The Morgan fingerprint density at radius 2 is 1.83 bits per heavy atom. The van der Waals surface area contributed by atoms with E-state index in [9.17, 15) is 0 Å². The molecular formula is C27H36N2O. The molecule has 30 heavy (non-hydrogen) atoms. The summed E-state index contributed by atoms with van der Waals surface area (Å²) in [6, 6.07) is 16.6. The maximum absolute atomic E-state index is 6.23. The Morgan fingerprint density at radius 1 is 0.933 bits per heavy atom. The first-order chi connectivity index (χ1) is 14.8. The smallest absolute Gasteiger partial charge is 0.119 e. The van der Waals surface area contributed by atoms with Gasteiger partial charge >= 0.3 is 0 Å². The minimum absolute atomic E-state index is 0.474. The van der Waals surface area contributed by atoms with Crippen molar-refractivity contribution in [2.45, 2.75) is 57.4 Å². The molecule has 0 aliphatic carbocycles. The zero-order valence-corrected chi connectivity index (χ0v) is 18.5. The molecule has 2 atom stereocenters. The zero-order chi connectivity index (χ0) is 20.3. The van der Waals surface area contributed by atoms with Crippen LogP contribution >= 0.6 is 0 Å². The van der Waals surface area contributed by atoms with Crippen molar-refractivity contribution in [2.24, 2.45) is 0 Å². The second-order valence-corrected chi connectivity index (χ2v) is 9.51. The fraction of sp³-hybridized carbons (Fsp3) is 0.556. The molecule has 0 bridgehead atoms. The van der Waals surface area contributed by atoms with Gasteiger partial charge in [0.1, 0.15) is 5.75 Å². The Kier molecular flexibility index (Phi) is 6.10. The third-order valence-electron chi connectivity index (χ3n) is 7.35. The molecule has 160 valence electrons. The first kappa shape index (κ1) is 20.1. The molecule has 0 spiro atoms. The highest BCUT2D eigenvalue weighted by Gasteiger charge is 2.36. The number of piperidine rings is 1. The average Bonchev–Trinajstić information content (AvgIpc) is 3.26. The number of ether oxygens (including phenoxy) is 1. The van der Waals surface area contributed by atoms with E-state index in [1.54, 1.807) is 0 Å². The SMILES string of the molecule is Cc1cccc(C2CN3CCCC3c3cc(OCCCN4CCCCC4)ccc32)c1. The quantitative estimate of drug-likeness (QED) is 0.589. The van der Waals surface area contributed by atoms with E-state index >= 15 is 0 Å². The van der Waals surface area contributed by atoms with Gasteiger partial charge in [0.15, 0.2) is 0 Å². The van der Waals surface area contributed by atoms with Gasteiger partial charge in [-0.2, -0.15) is 0 Å². The summed E-state index contributed by atoms with van der Waals surface area (Å²) in [5.74, 6) is 1.53. The van der Waals surface area contributed by atoms with Crippen molar-refractivity contribution in [1.29, 1.82) is 0 Å². The Bertz CT molecular complexity index is 858. The fourth-order valence-corrected chi connectivity index (χ4v) is 5.81. The van der Waals surface area contributed by atoms with Gasteiger partial charge < -0.3 is 9.64 Å². The molecule has 3 aliphatic heterocycles. The molecule has 2 aromatic carbocycles. The summed E-state index contributed by atoms with van der Waals surface area (Å²) in [6.45, 7) is 9.13. The summed E-state index contributed by atoms with van der Waals surface area (Å²) in [6.07, 6.45) is 7.86. The van der Waals surface area contributed by atoms with E-state index in [1.165, 1.54) is 80.5 Å². The van der Waals surface area contributed by atoms with Gasteiger partial charge in [0.05, 0.1) is 6.61 Å². The van der Waals surface area contributed by atoms with Crippen LogP contribution in [0.25, 0.3) is 0 Å². The summed E-state index contributed by atoms with van der Waals surface area (Å²) < 4.78 is 6.23. The van der Waals surface area contributed by atoms with Crippen LogP contribution in [0.2, 0.25) is 0 Å². The van der Waals surface area contributed by atoms with E-state index in [-0.39, 0.29) is 0 Å². The average molecular weight is 405 g/mol. The van der Waals surface area contributed by atoms with Gasteiger partial charge in [-0.05, 0) is 87.5 Å². The number of hydrogen-bond acceptors (Lipinski definition) is 3. The molecule has 5 rings (SSSR count). The van der Waals surface area contributed by atoms with Crippen LogP contribution in [0.15, 0.2) is 42.5 Å². The van der Waals surface area contributed by atoms with Crippen molar-refractivity contribution in [3.8, 4) is 5.75 Å². The van der Waals surface area contributed by atoms with Crippen LogP contribution in [0.5, 0.6) is 5.75 Å². The lowest BCUT2D eigenvalue weighted by molar-refractivity contribution is 0.204. The summed E-state index contributed by atoms with van der Waals surface area (Å²) in [4.78, 5) is 5.30. The maximum atomic E-state index is 6.23. The summed E-state index contributed by atoms with van der Waals surface area (Å²) in [5, 5.41) is 0. The Balaban J connectivity index is 1.30.